The van der Waals surface area contributed by atoms with Crippen molar-refractivity contribution in [1.29, 1.82) is 0 Å². The highest BCUT2D eigenvalue weighted by molar-refractivity contribution is 6.62. The lowest BCUT2D eigenvalue weighted by Gasteiger charge is -2.34. The van der Waals surface area contributed by atoms with Crippen molar-refractivity contribution in [2.75, 3.05) is 13.1 Å². The molecule has 4 nitrogen and oxygen atoms in total. The first kappa shape index (κ1) is 21.2. The number of benzene rings is 1. The Kier molecular flexibility index (Phi) is 5.34. The Morgan fingerprint density at radius 1 is 1.18 bits per heavy atom. The summed E-state index contributed by atoms with van der Waals surface area (Å²) in [7, 11) is -0.544. The van der Waals surface area contributed by atoms with E-state index in [0.29, 0.717) is 24.1 Å². The molecule has 2 aliphatic heterocycles. The van der Waals surface area contributed by atoms with Crippen molar-refractivity contribution in [1.82, 2.24) is 4.90 Å². The van der Waals surface area contributed by atoms with Crippen LogP contribution in [0.25, 0.3) is 0 Å². The van der Waals surface area contributed by atoms with Crippen LogP contribution in [0.4, 0.5) is 13.2 Å². The van der Waals surface area contributed by atoms with E-state index in [-0.39, 0.29) is 18.9 Å². The lowest BCUT2D eigenvalue weighted by molar-refractivity contribution is -0.184. The standard InChI is InChI=1S/C20H27BF3NO3/c1-13-11-15(21-27-18(2,3)19(4,5)28-21)8-9-16(13)17(26)25-10-6-7-14(12-25)20(22,23)24/h8-9,11,14H,6-7,10,12H2,1-5H3. The number of amides is 1. The molecule has 3 rings (SSSR count). The van der Waals surface area contributed by atoms with Crippen LogP contribution in [0.2, 0.25) is 0 Å². The van der Waals surface area contributed by atoms with Crippen LogP contribution in [-0.4, -0.2) is 48.4 Å². The van der Waals surface area contributed by atoms with Gasteiger partial charge < -0.3 is 14.2 Å². The van der Waals surface area contributed by atoms with Crippen molar-refractivity contribution >= 4 is 18.5 Å². The Morgan fingerprint density at radius 3 is 2.32 bits per heavy atom. The average Bonchev–Trinajstić information content (AvgIpc) is 2.81. The summed E-state index contributed by atoms with van der Waals surface area (Å²) in [6.07, 6.45) is -3.83. The van der Waals surface area contributed by atoms with Crippen molar-refractivity contribution in [2.24, 2.45) is 5.92 Å². The zero-order valence-corrected chi connectivity index (χ0v) is 17.0. The third-order valence-corrected chi connectivity index (χ3v) is 6.18. The molecule has 0 radical (unpaired) electrons. The van der Waals surface area contributed by atoms with Gasteiger partial charge in [0.15, 0.2) is 0 Å². The number of piperidine rings is 1. The van der Waals surface area contributed by atoms with Gasteiger partial charge in [-0.25, -0.2) is 0 Å². The van der Waals surface area contributed by atoms with Gasteiger partial charge >= 0.3 is 13.3 Å². The highest BCUT2D eigenvalue weighted by Gasteiger charge is 2.51. The minimum atomic E-state index is -4.27. The van der Waals surface area contributed by atoms with Crippen LogP contribution in [-0.2, 0) is 9.31 Å². The third-order valence-electron chi connectivity index (χ3n) is 6.18. The molecule has 0 aromatic heterocycles. The molecule has 0 spiro atoms. The van der Waals surface area contributed by atoms with Crippen molar-refractivity contribution in [3.8, 4) is 0 Å². The molecule has 1 aromatic carbocycles. The Hall–Kier alpha value is -1.54. The largest absolute Gasteiger partial charge is 0.494 e. The molecular formula is C20H27BF3NO3. The van der Waals surface area contributed by atoms with E-state index >= 15 is 0 Å². The highest BCUT2D eigenvalue weighted by atomic mass is 19.4. The smallest absolute Gasteiger partial charge is 0.399 e. The van der Waals surface area contributed by atoms with Crippen molar-refractivity contribution in [3.05, 3.63) is 29.3 Å². The predicted molar refractivity (Wildman–Crippen MR) is 102 cm³/mol. The number of carbonyl (C=O) groups excluding carboxylic acids is 1. The molecule has 0 bridgehead atoms. The molecule has 1 aromatic rings. The second-order valence-electron chi connectivity index (χ2n) is 8.79. The number of alkyl halides is 3. The summed E-state index contributed by atoms with van der Waals surface area (Å²) in [6.45, 7) is 9.71. The van der Waals surface area contributed by atoms with Crippen LogP contribution in [0.5, 0.6) is 0 Å². The zero-order valence-electron chi connectivity index (χ0n) is 17.0. The summed E-state index contributed by atoms with van der Waals surface area (Å²) < 4.78 is 51.2. The predicted octanol–water partition coefficient (Wildman–Crippen LogP) is 3.71. The van der Waals surface area contributed by atoms with Gasteiger partial charge in [-0.05, 0) is 64.6 Å². The van der Waals surface area contributed by atoms with E-state index in [2.05, 4.69) is 0 Å². The van der Waals surface area contributed by atoms with Gasteiger partial charge in [0.25, 0.3) is 5.91 Å². The summed E-state index contributed by atoms with van der Waals surface area (Å²) in [6, 6.07) is 5.24. The minimum absolute atomic E-state index is 0.0765. The lowest BCUT2D eigenvalue weighted by Crippen LogP contribution is -2.45. The molecular weight excluding hydrogens is 370 g/mol. The molecule has 0 aliphatic carbocycles. The number of nitrogens with zero attached hydrogens (tertiary/aromatic N) is 1. The van der Waals surface area contributed by atoms with Gasteiger partial charge in [-0.15, -0.1) is 0 Å². The van der Waals surface area contributed by atoms with Gasteiger partial charge in [0.05, 0.1) is 17.1 Å². The maximum absolute atomic E-state index is 13.0. The number of hydrogen-bond donors (Lipinski definition) is 0. The van der Waals surface area contributed by atoms with Crippen LogP contribution < -0.4 is 5.46 Å². The van der Waals surface area contributed by atoms with Crippen molar-refractivity contribution < 1.29 is 27.3 Å². The third kappa shape index (κ3) is 3.94. The van der Waals surface area contributed by atoms with E-state index in [9.17, 15) is 18.0 Å². The molecule has 1 unspecified atom stereocenters. The Labute approximate surface area is 164 Å². The fourth-order valence-corrected chi connectivity index (χ4v) is 3.65. The van der Waals surface area contributed by atoms with Crippen molar-refractivity contribution in [3.63, 3.8) is 0 Å². The monoisotopic (exact) mass is 397 g/mol. The molecule has 2 aliphatic rings. The van der Waals surface area contributed by atoms with E-state index < -0.39 is 30.4 Å². The van der Waals surface area contributed by atoms with Crippen LogP contribution >= 0.6 is 0 Å². The van der Waals surface area contributed by atoms with Gasteiger partial charge in [-0.3, -0.25) is 4.79 Å². The second-order valence-corrected chi connectivity index (χ2v) is 8.79. The van der Waals surface area contributed by atoms with Gasteiger partial charge in [0, 0.05) is 18.7 Å². The first-order valence-corrected chi connectivity index (χ1v) is 9.64. The lowest BCUT2D eigenvalue weighted by atomic mass is 9.77. The highest BCUT2D eigenvalue weighted by Crippen LogP contribution is 2.37. The fraction of sp³-hybridized carbons (Fsp3) is 0.650. The molecule has 2 fully saturated rings. The molecule has 1 atom stereocenters. The average molecular weight is 397 g/mol. The van der Waals surface area contributed by atoms with Gasteiger partial charge in [-0.2, -0.15) is 13.2 Å². The quantitative estimate of drug-likeness (QED) is 0.715. The maximum Gasteiger partial charge on any atom is 0.494 e. The first-order chi connectivity index (χ1) is 12.8. The van der Waals surface area contributed by atoms with E-state index in [1.165, 1.54) is 4.90 Å². The second kappa shape index (κ2) is 7.06. The Morgan fingerprint density at radius 2 is 1.79 bits per heavy atom. The van der Waals surface area contributed by atoms with Crippen LogP contribution in [0, 0.1) is 12.8 Å². The number of hydrogen-bond acceptors (Lipinski definition) is 3. The molecule has 28 heavy (non-hydrogen) atoms. The zero-order chi connectivity index (χ0) is 20.9. The summed E-state index contributed by atoms with van der Waals surface area (Å²) in [4.78, 5) is 14.1. The molecule has 1 amide bonds. The summed E-state index contributed by atoms with van der Waals surface area (Å²) in [5.41, 5.74) is 0.968. The Bertz CT molecular complexity index is 748. The number of aryl methyl sites for hydroxylation is 1. The van der Waals surface area contributed by atoms with Gasteiger partial charge in [0.1, 0.15) is 0 Å². The fourth-order valence-electron chi connectivity index (χ4n) is 3.65. The van der Waals surface area contributed by atoms with Gasteiger partial charge in [0.2, 0.25) is 0 Å². The molecule has 8 heteroatoms. The molecule has 154 valence electrons. The van der Waals surface area contributed by atoms with Crippen molar-refractivity contribution in [2.45, 2.75) is 64.8 Å². The summed E-state index contributed by atoms with van der Waals surface area (Å²) in [5.74, 6) is -1.80. The number of carbonyl (C=O) groups is 1. The topological polar surface area (TPSA) is 38.8 Å². The van der Waals surface area contributed by atoms with E-state index in [1.54, 1.807) is 19.1 Å². The number of halogens is 3. The minimum Gasteiger partial charge on any atom is -0.399 e. The molecule has 2 heterocycles. The number of rotatable bonds is 2. The van der Waals surface area contributed by atoms with Crippen LogP contribution in [0.1, 0.15) is 56.5 Å². The molecule has 0 N–H and O–H groups in total. The summed E-state index contributed by atoms with van der Waals surface area (Å²) in [5, 5.41) is 0. The maximum atomic E-state index is 13.0. The van der Waals surface area contributed by atoms with E-state index in [4.69, 9.17) is 9.31 Å². The van der Waals surface area contributed by atoms with E-state index in [0.717, 1.165) is 5.46 Å². The van der Waals surface area contributed by atoms with Crippen LogP contribution in [0.3, 0.4) is 0 Å². The summed E-state index contributed by atoms with van der Waals surface area (Å²) >= 11 is 0. The Balaban J connectivity index is 1.77. The number of likely N-dealkylation sites (tertiary alicyclic amines) is 1. The SMILES string of the molecule is Cc1cc(B2OC(C)(C)C(C)(C)O2)ccc1C(=O)N1CCCC(C(F)(F)F)C1. The van der Waals surface area contributed by atoms with E-state index in [1.807, 2.05) is 33.8 Å². The van der Waals surface area contributed by atoms with Crippen LogP contribution in [0.15, 0.2) is 18.2 Å². The normalized spacial score (nSPS) is 24.5. The first-order valence-electron chi connectivity index (χ1n) is 9.64. The molecule has 0 saturated carbocycles. The van der Waals surface area contributed by atoms with Gasteiger partial charge in [-0.1, -0.05) is 12.1 Å². The molecule has 2 saturated heterocycles.